The van der Waals surface area contributed by atoms with Gasteiger partial charge in [-0.3, -0.25) is 14.7 Å². The number of pyridine rings is 2. The molecule has 3 N–H and O–H groups in total. The van der Waals surface area contributed by atoms with Crippen molar-refractivity contribution in [3.63, 3.8) is 0 Å². The monoisotopic (exact) mass is 394 g/mol. The summed E-state index contributed by atoms with van der Waals surface area (Å²) >= 11 is 0. The summed E-state index contributed by atoms with van der Waals surface area (Å²) in [4.78, 5) is 33.5. The number of amides is 1. The summed E-state index contributed by atoms with van der Waals surface area (Å²) in [6, 6.07) is 6.91. The van der Waals surface area contributed by atoms with Gasteiger partial charge in [0.1, 0.15) is 0 Å². The molecule has 150 valence electrons. The zero-order chi connectivity index (χ0) is 20.2. The van der Waals surface area contributed by atoms with Crippen LogP contribution in [0.25, 0.3) is 16.9 Å². The Labute approximate surface area is 167 Å². The van der Waals surface area contributed by atoms with Crippen LogP contribution in [0, 0.1) is 0 Å². The van der Waals surface area contributed by atoms with Crippen LogP contribution in [0.5, 0.6) is 5.88 Å². The summed E-state index contributed by atoms with van der Waals surface area (Å²) in [7, 11) is 1.52. The largest absolute Gasteiger partial charge is 0.481 e. The molecule has 29 heavy (non-hydrogen) atoms. The van der Waals surface area contributed by atoms with Crippen LogP contribution in [0.3, 0.4) is 0 Å². The molecule has 0 radical (unpaired) electrons. The van der Waals surface area contributed by atoms with Gasteiger partial charge < -0.3 is 15.4 Å². The van der Waals surface area contributed by atoms with Crippen LogP contribution in [0.4, 0.5) is 0 Å². The van der Waals surface area contributed by atoms with Gasteiger partial charge in [-0.1, -0.05) is 0 Å². The molecule has 1 fully saturated rings. The van der Waals surface area contributed by atoms with Crippen LogP contribution >= 0.6 is 0 Å². The zero-order valence-electron chi connectivity index (χ0n) is 16.0. The van der Waals surface area contributed by atoms with Crippen molar-refractivity contribution in [1.82, 2.24) is 30.4 Å². The van der Waals surface area contributed by atoms with E-state index in [1.807, 2.05) is 0 Å². The van der Waals surface area contributed by atoms with E-state index in [0.29, 0.717) is 28.4 Å². The van der Waals surface area contributed by atoms with Gasteiger partial charge in [0.2, 0.25) is 5.88 Å². The predicted molar refractivity (Wildman–Crippen MR) is 107 cm³/mol. The maximum atomic E-state index is 12.8. The summed E-state index contributed by atoms with van der Waals surface area (Å²) in [5.74, 6) is 0.678. The minimum absolute atomic E-state index is 0.153. The molecule has 1 saturated heterocycles. The zero-order valence-corrected chi connectivity index (χ0v) is 16.0. The number of carbonyl (C=O) groups is 1. The Bertz CT molecular complexity index is 1050. The van der Waals surface area contributed by atoms with Gasteiger partial charge in [-0.05, 0) is 49.7 Å². The molecule has 0 unspecified atom stereocenters. The number of rotatable bonds is 5. The van der Waals surface area contributed by atoms with Crippen LogP contribution in [-0.2, 0) is 0 Å². The molecule has 9 nitrogen and oxygen atoms in total. The van der Waals surface area contributed by atoms with E-state index in [0.717, 1.165) is 25.9 Å². The molecule has 0 bridgehead atoms. The molecule has 0 atom stereocenters. The number of carbonyl (C=O) groups excluding carboxylic acids is 1. The Kier molecular flexibility index (Phi) is 5.39. The Morgan fingerprint density at radius 1 is 1.24 bits per heavy atom. The van der Waals surface area contributed by atoms with Crippen molar-refractivity contribution < 1.29 is 9.53 Å². The Morgan fingerprint density at radius 3 is 2.79 bits per heavy atom. The summed E-state index contributed by atoms with van der Waals surface area (Å²) in [5.41, 5.74) is 1.37. The van der Waals surface area contributed by atoms with Gasteiger partial charge in [0, 0.05) is 30.7 Å². The fraction of sp³-hybridized carbons (Fsp3) is 0.300. The number of aromatic nitrogens is 4. The van der Waals surface area contributed by atoms with E-state index in [4.69, 9.17) is 4.74 Å². The fourth-order valence-electron chi connectivity index (χ4n) is 3.32. The van der Waals surface area contributed by atoms with Crippen LogP contribution in [0.15, 0.2) is 47.7 Å². The average Bonchev–Trinajstić information content (AvgIpc) is 3.16. The Balaban J connectivity index is 1.53. The van der Waals surface area contributed by atoms with Gasteiger partial charge in [-0.25, -0.2) is 14.6 Å². The number of H-pyrrole nitrogens is 1. The summed E-state index contributed by atoms with van der Waals surface area (Å²) in [5, 5.41) is 9.21. The highest BCUT2D eigenvalue weighted by molar-refractivity contribution is 5.94. The normalized spacial score (nSPS) is 14.5. The van der Waals surface area contributed by atoms with Crippen molar-refractivity contribution >= 4 is 5.91 Å². The van der Waals surface area contributed by atoms with E-state index in [1.165, 1.54) is 18.0 Å². The molecule has 0 spiro atoms. The highest BCUT2D eigenvalue weighted by Gasteiger charge is 2.17. The van der Waals surface area contributed by atoms with Crippen LogP contribution in [0.1, 0.15) is 23.2 Å². The molecular weight excluding hydrogens is 372 g/mol. The first kappa shape index (κ1) is 18.9. The number of methoxy groups -OCH3 is 1. The quantitative estimate of drug-likeness (QED) is 0.597. The predicted octanol–water partition coefficient (Wildman–Crippen LogP) is 1.11. The fourth-order valence-corrected chi connectivity index (χ4v) is 3.32. The lowest BCUT2D eigenvalue weighted by molar-refractivity contribution is 0.0929. The molecule has 4 rings (SSSR count). The van der Waals surface area contributed by atoms with E-state index in [2.05, 4.69) is 25.7 Å². The number of hydrogen-bond donors (Lipinski definition) is 3. The van der Waals surface area contributed by atoms with Gasteiger partial charge in [-0.2, -0.15) is 0 Å². The highest BCUT2D eigenvalue weighted by Crippen LogP contribution is 2.19. The van der Waals surface area contributed by atoms with Crippen molar-refractivity contribution in [3.8, 4) is 22.8 Å². The van der Waals surface area contributed by atoms with Crippen molar-refractivity contribution in [2.75, 3.05) is 20.2 Å². The van der Waals surface area contributed by atoms with Crippen molar-refractivity contribution in [2.24, 2.45) is 0 Å². The third kappa shape index (κ3) is 4.04. The maximum Gasteiger partial charge on any atom is 0.280 e. The molecule has 1 aliphatic rings. The standard InChI is InChI=1S/C20H22N6O3/c1-29-18-10-13(4-9-22-18)16-12-24-26(20(16)28)17-3-2-14(11-23-17)19(27)25-15-5-7-21-8-6-15/h2-4,9-12,15,21,24H,5-8H2,1H3,(H,25,27). The summed E-state index contributed by atoms with van der Waals surface area (Å²) in [6.07, 6.45) is 6.50. The van der Waals surface area contributed by atoms with E-state index in [1.54, 1.807) is 36.7 Å². The number of ether oxygens (including phenoxy) is 1. The van der Waals surface area contributed by atoms with E-state index in [9.17, 15) is 9.59 Å². The smallest absolute Gasteiger partial charge is 0.280 e. The van der Waals surface area contributed by atoms with Crippen LogP contribution in [-0.4, -0.2) is 51.9 Å². The number of aromatic amines is 1. The third-order valence-corrected chi connectivity index (χ3v) is 4.94. The summed E-state index contributed by atoms with van der Waals surface area (Å²) in [6.45, 7) is 1.81. The topological polar surface area (TPSA) is 114 Å². The first-order chi connectivity index (χ1) is 14.2. The van der Waals surface area contributed by atoms with E-state index < -0.39 is 0 Å². The molecule has 1 amide bonds. The first-order valence-corrected chi connectivity index (χ1v) is 9.44. The highest BCUT2D eigenvalue weighted by atomic mass is 16.5. The lowest BCUT2D eigenvalue weighted by Crippen LogP contribution is -2.42. The molecule has 4 heterocycles. The molecule has 3 aromatic rings. The second-order valence-electron chi connectivity index (χ2n) is 6.82. The Morgan fingerprint density at radius 2 is 2.07 bits per heavy atom. The SMILES string of the molecule is COc1cc(-c2c[nH]n(-c3ccc(C(=O)NC4CCNCC4)cn3)c2=O)ccn1. The van der Waals surface area contributed by atoms with Gasteiger partial charge >= 0.3 is 0 Å². The van der Waals surface area contributed by atoms with Gasteiger partial charge in [-0.15, -0.1) is 0 Å². The van der Waals surface area contributed by atoms with Crippen molar-refractivity contribution in [2.45, 2.75) is 18.9 Å². The summed E-state index contributed by atoms with van der Waals surface area (Å²) < 4.78 is 6.44. The second kappa shape index (κ2) is 8.27. The molecule has 1 aliphatic heterocycles. The van der Waals surface area contributed by atoms with Crippen LogP contribution < -0.4 is 20.9 Å². The average molecular weight is 394 g/mol. The molecular formula is C20H22N6O3. The third-order valence-electron chi connectivity index (χ3n) is 4.94. The molecule has 0 saturated carbocycles. The maximum absolute atomic E-state index is 12.8. The van der Waals surface area contributed by atoms with Crippen LogP contribution in [0.2, 0.25) is 0 Å². The minimum atomic E-state index is -0.252. The van der Waals surface area contributed by atoms with E-state index in [-0.39, 0.29) is 17.5 Å². The molecule has 9 heteroatoms. The lowest BCUT2D eigenvalue weighted by Gasteiger charge is -2.23. The number of hydrogen-bond acceptors (Lipinski definition) is 6. The van der Waals surface area contributed by atoms with Gasteiger partial charge in [0.25, 0.3) is 11.5 Å². The molecule has 3 aromatic heterocycles. The second-order valence-corrected chi connectivity index (χ2v) is 6.82. The van der Waals surface area contributed by atoms with Crippen molar-refractivity contribution in [3.05, 3.63) is 58.8 Å². The number of nitrogens with zero attached hydrogens (tertiary/aromatic N) is 3. The number of piperidine rings is 1. The number of nitrogens with one attached hydrogen (secondary N) is 3. The molecule has 0 aliphatic carbocycles. The Hall–Kier alpha value is -3.46. The van der Waals surface area contributed by atoms with Gasteiger partial charge in [0.15, 0.2) is 5.82 Å². The van der Waals surface area contributed by atoms with Gasteiger partial charge in [0.05, 0.1) is 18.2 Å². The van der Waals surface area contributed by atoms with Crippen molar-refractivity contribution in [1.29, 1.82) is 0 Å². The lowest BCUT2D eigenvalue weighted by atomic mass is 10.1. The first-order valence-electron chi connectivity index (χ1n) is 9.44. The molecule has 0 aromatic carbocycles. The minimum Gasteiger partial charge on any atom is -0.481 e. The van der Waals surface area contributed by atoms with E-state index >= 15 is 0 Å².